The number of hydrogen-bond donors (Lipinski definition) is 0. The van der Waals surface area contributed by atoms with Crippen LogP contribution in [0.1, 0.15) is 24.2 Å². The third kappa shape index (κ3) is 2.60. The number of ether oxygens (including phenoxy) is 1. The summed E-state index contributed by atoms with van der Waals surface area (Å²) >= 11 is 0. The smallest absolute Gasteiger partial charge is 0.219 e. The highest BCUT2D eigenvalue weighted by atomic mass is 16.5. The van der Waals surface area contributed by atoms with Crippen LogP contribution in [0.25, 0.3) is 0 Å². The normalized spacial score (nSPS) is 19.6. The quantitative estimate of drug-likeness (QED) is 0.812. The molecule has 0 unspecified atom stereocenters. The lowest BCUT2D eigenvalue weighted by Crippen LogP contribution is -2.38. The fourth-order valence-corrected chi connectivity index (χ4v) is 4.31. The van der Waals surface area contributed by atoms with E-state index in [0.29, 0.717) is 12.6 Å². The molecule has 3 aliphatic rings. The summed E-state index contributed by atoms with van der Waals surface area (Å²) in [7, 11) is 2.13. The molecule has 1 amide bonds. The summed E-state index contributed by atoms with van der Waals surface area (Å²) in [5, 5.41) is 5.06. The molecule has 3 aliphatic heterocycles. The van der Waals surface area contributed by atoms with Gasteiger partial charge in [0.25, 0.3) is 0 Å². The zero-order valence-corrected chi connectivity index (χ0v) is 15.9. The molecule has 7 heteroatoms. The number of benzene rings is 1. The maximum absolute atomic E-state index is 12.0. The number of aromatic nitrogens is 2. The average Bonchev–Trinajstić information content (AvgIpc) is 2.99. The maximum atomic E-state index is 12.0. The Morgan fingerprint density at radius 1 is 1.15 bits per heavy atom. The van der Waals surface area contributed by atoms with Gasteiger partial charge in [-0.25, -0.2) is 0 Å². The van der Waals surface area contributed by atoms with Crippen molar-refractivity contribution >= 4 is 23.1 Å². The highest BCUT2D eigenvalue weighted by molar-refractivity contribution is 5.80. The van der Waals surface area contributed by atoms with Gasteiger partial charge in [-0.15, -0.1) is 0 Å². The number of rotatable bonds is 2. The number of para-hydroxylation sites is 2. The van der Waals surface area contributed by atoms with Crippen molar-refractivity contribution in [3.63, 3.8) is 0 Å². The predicted molar refractivity (Wildman–Crippen MR) is 104 cm³/mol. The molecule has 0 radical (unpaired) electrons. The van der Waals surface area contributed by atoms with Crippen LogP contribution in [-0.2, 0) is 22.5 Å². The van der Waals surface area contributed by atoms with Gasteiger partial charge in [0.2, 0.25) is 5.91 Å². The Morgan fingerprint density at radius 3 is 2.63 bits per heavy atom. The molecule has 0 bridgehead atoms. The molecular weight excluding hydrogens is 342 g/mol. The molecule has 7 nitrogen and oxygen atoms in total. The van der Waals surface area contributed by atoms with Crippen molar-refractivity contribution in [1.29, 1.82) is 0 Å². The Labute approximate surface area is 159 Å². The van der Waals surface area contributed by atoms with Crippen molar-refractivity contribution in [3.8, 4) is 0 Å². The van der Waals surface area contributed by atoms with E-state index in [9.17, 15) is 4.79 Å². The van der Waals surface area contributed by atoms with E-state index < -0.39 is 0 Å². The predicted octanol–water partition coefficient (Wildman–Crippen LogP) is 1.95. The van der Waals surface area contributed by atoms with Crippen LogP contribution in [0.5, 0.6) is 0 Å². The average molecular weight is 367 g/mol. The van der Waals surface area contributed by atoms with E-state index in [-0.39, 0.29) is 5.91 Å². The number of likely N-dealkylation sites (N-methyl/N-ethyl adjacent to an activating group) is 1. The molecule has 0 atom stereocenters. The first-order chi connectivity index (χ1) is 13.1. The van der Waals surface area contributed by atoms with Gasteiger partial charge in [0.05, 0.1) is 37.2 Å². The third-order valence-corrected chi connectivity index (χ3v) is 5.97. The molecule has 0 aliphatic carbocycles. The third-order valence-electron chi connectivity index (χ3n) is 5.97. The molecule has 1 aromatic carbocycles. The van der Waals surface area contributed by atoms with Crippen molar-refractivity contribution in [2.45, 2.75) is 25.9 Å². The minimum absolute atomic E-state index is 0.130. The molecule has 1 aromatic heterocycles. The maximum Gasteiger partial charge on any atom is 0.219 e. The number of anilines is 3. The van der Waals surface area contributed by atoms with Crippen molar-refractivity contribution in [3.05, 3.63) is 35.5 Å². The highest BCUT2D eigenvalue weighted by Gasteiger charge is 2.34. The zero-order chi connectivity index (χ0) is 18.5. The lowest BCUT2D eigenvalue weighted by atomic mass is 10.0. The molecule has 27 heavy (non-hydrogen) atoms. The van der Waals surface area contributed by atoms with Gasteiger partial charge in [0.15, 0.2) is 5.82 Å². The Balaban J connectivity index is 1.61. The Bertz CT molecular complexity index is 888. The fraction of sp³-hybridized carbons (Fsp3) is 0.500. The van der Waals surface area contributed by atoms with Crippen LogP contribution >= 0.6 is 0 Å². The van der Waals surface area contributed by atoms with Crippen LogP contribution in [0.2, 0.25) is 0 Å². The summed E-state index contributed by atoms with van der Waals surface area (Å²) in [4.78, 5) is 18.5. The van der Waals surface area contributed by atoms with Gasteiger partial charge in [0, 0.05) is 51.3 Å². The van der Waals surface area contributed by atoms with Crippen LogP contribution < -0.4 is 9.80 Å². The van der Waals surface area contributed by atoms with E-state index in [4.69, 9.17) is 9.84 Å². The molecule has 2 aromatic rings. The van der Waals surface area contributed by atoms with Crippen LogP contribution in [-0.4, -0.2) is 60.5 Å². The molecule has 1 fully saturated rings. The van der Waals surface area contributed by atoms with E-state index >= 15 is 0 Å². The molecule has 0 saturated carbocycles. The summed E-state index contributed by atoms with van der Waals surface area (Å²) in [6, 6.07) is 8.80. The lowest BCUT2D eigenvalue weighted by Gasteiger charge is -2.37. The van der Waals surface area contributed by atoms with Crippen molar-refractivity contribution in [2.24, 2.45) is 0 Å². The second-order valence-electron chi connectivity index (χ2n) is 7.64. The number of carbonyl (C=O) groups is 1. The Hall–Kier alpha value is -2.54. The molecule has 1 saturated heterocycles. The lowest BCUT2D eigenvalue weighted by molar-refractivity contribution is -0.129. The van der Waals surface area contributed by atoms with Gasteiger partial charge in [-0.05, 0) is 12.1 Å². The zero-order valence-electron chi connectivity index (χ0n) is 15.9. The van der Waals surface area contributed by atoms with E-state index in [1.165, 1.54) is 22.6 Å². The first kappa shape index (κ1) is 16.6. The first-order valence-electron chi connectivity index (χ1n) is 9.64. The van der Waals surface area contributed by atoms with Gasteiger partial charge < -0.3 is 19.4 Å². The molecular formula is C20H25N5O2. The van der Waals surface area contributed by atoms with Crippen LogP contribution in [0.4, 0.5) is 17.2 Å². The molecule has 5 rings (SSSR count). The fourth-order valence-electron chi connectivity index (χ4n) is 4.31. The van der Waals surface area contributed by atoms with E-state index in [0.717, 1.165) is 45.1 Å². The minimum atomic E-state index is 0.130. The SMILES string of the molecule is CC(=O)N1CCc2c(c(N3CCN(C)c4ccccc43)nn2C2COC2)C1. The highest BCUT2D eigenvalue weighted by Crippen LogP contribution is 2.40. The summed E-state index contributed by atoms with van der Waals surface area (Å²) in [5.74, 6) is 1.13. The summed E-state index contributed by atoms with van der Waals surface area (Å²) in [5.41, 5.74) is 4.87. The van der Waals surface area contributed by atoms with Gasteiger partial charge in [-0.3, -0.25) is 9.48 Å². The number of hydrogen-bond acceptors (Lipinski definition) is 5. The van der Waals surface area contributed by atoms with Gasteiger partial charge in [0.1, 0.15) is 0 Å². The van der Waals surface area contributed by atoms with Gasteiger partial charge >= 0.3 is 0 Å². The van der Waals surface area contributed by atoms with Crippen LogP contribution in [0.3, 0.4) is 0 Å². The number of nitrogens with zero attached hydrogens (tertiary/aromatic N) is 5. The topological polar surface area (TPSA) is 53.8 Å². The molecule has 142 valence electrons. The monoisotopic (exact) mass is 367 g/mol. The second kappa shape index (κ2) is 6.27. The Morgan fingerprint density at radius 2 is 1.93 bits per heavy atom. The van der Waals surface area contributed by atoms with Crippen molar-refractivity contribution in [2.75, 3.05) is 49.7 Å². The van der Waals surface area contributed by atoms with Crippen molar-refractivity contribution in [1.82, 2.24) is 14.7 Å². The van der Waals surface area contributed by atoms with E-state index in [1.54, 1.807) is 6.92 Å². The van der Waals surface area contributed by atoms with E-state index in [1.807, 2.05) is 4.90 Å². The van der Waals surface area contributed by atoms with Gasteiger partial charge in [-0.2, -0.15) is 5.10 Å². The number of fused-ring (bicyclic) bond motifs is 2. The Kier molecular flexibility index (Phi) is 3.86. The summed E-state index contributed by atoms with van der Waals surface area (Å²) < 4.78 is 7.59. The molecule has 4 heterocycles. The molecule has 0 spiro atoms. The first-order valence-corrected chi connectivity index (χ1v) is 9.64. The standard InChI is InChI=1S/C20H25N5O2/c1-14(26)23-8-7-17-16(11-23)20(21-25(17)15-12-27-13-15)24-10-9-22(2)18-5-3-4-6-19(18)24/h3-6,15H,7-13H2,1-2H3. The largest absolute Gasteiger partial charge is 0.377 e. The number of amides is 1. The molecule has 0 N–H and O–H groups in total. The van der Waals surface area contributed by atoms with Crippen LogP contribution in [0.15, 0.2) is 24.3 Å². The van der Waals surface area contributed by atoms with Crippen molar-refractivity contribution < 1.29 is 9.53 Å². The summed E-state index contributed by atoms with van der Waals surface area (Å²) in [6.07, 6.45) is 0.855. The van der Waals surface area contributed by atoms with Gasteiger partial charge in [-0.1, -0.05) is 12.1 Å². The minimum Gasteiger partial charge on any atom is -0.377 e. The summed E-state index contributed by atoms with van der Waals surface area (Å²) in [6.45, 7) is 6.34. The number of carbonyl (C=O) groups excluding carboxylic acids is 1. The van der Waals surface area contributed by atoms with Crippen LogP contribution in [0, 0.1) is 0 Å². The second-order valence-corrected chi connectivity index (χ2v) is 7.64. The van der Waals surface area contributed by atoms with E-state index in [2.05, 4.69) is 45.8 Å².